The third-order valence-corrected chi connectivity index (χ3v) is 4.43. The van der Waals surface area contributed by atoms with Crippen molar-refractivity contribution >= 4 is 23.1 Å². The normalized spacial score (nSPS) is 10.4. The van der Waals surface area contributed by atoms with Crippen LogP contribution in [0.3, 0.4) is 0 Å². The molecule has 26 heavy (non-hydrogen) atoms. The van der Waals surface area contributed by atoms with Crippen molar-refractivity contribution in [2.45, 2.75) is 6.42 Å². The minimum atomic E-state index is -0.292. The maximum atomic E-state index is 12.0. The summed E-state index contributed by atoms with van der Waals surface area (Å²) in [6.07, 6.45) is 4.19. The van der Waals surface area contributed by atoms with E-state index >= 15 is 0 Å². The number of anilines is 1. The molecule has 2 aromatic heterocycles. The highest BCUT2D eigenvalue weighted by atomic mass is 32.1. The zero-order valence-corrected chi connectivity index (χ0v) is 15.2. The van der Waals surface area contributed by atoms with Gasteiger partial charge in [-0.1, -0.05) is 0 Å². The number of carbonyl (C=O) groups is 1. The summed E-state index contributed by atoms with van der Waals surface area (Å²) in [6, 6.07) is 6.74. The fourth-order valence-electron chi connectivity index (χ4n) is 2.29. The Kier molecular flexibility index (Phi) is 5.69. The Labute approximate surface area is 154 Å². The third-order valence-electron chi connectivity index (χ3n) is 3.55. The Hall–Kier alpha value is -3.07. The van der Waals surface area contributed by atoms with Crippen molar-refractivity contribution in [1.82, 2.24) is 20.1 Å². The minimum absolute atomic E-state index is 0.292. The van der Waals surface area contributed by atoms with Gasteiger partial charge in [0.1, 0.15) is 0 Å². The van der Waals surface area contributed by atoms with Gasteiger partial charge < -0.3 is 20.1 Å². The van der Waals surface area contributed by atoms with E-state index in [2.05, 4.69) is 20.7 Å². The van der Waals surface area contributed by atoms with E-state index in [0.717, 1.165) is 10.8 Å². The Morgan fingerprint density at radius 1 is 1.27 bits per heavy atom. The lowest BCUT2D eigenvalue weighted by Gasteiger charge is -2.11. The number of aromatic nitrogens is 3. The second-order valence-corrected chi connectivity index (χ2v) is 6.11. The molecule has 2 amide bonds. The van der Waals surface area contributed by atoms with E-state index in [-0.39, 0.29) is 6.03 Å². The van der Waals surface area contributed by atoms with Crippen LogP contribution in [-0.4, -0.2) is 41.6 Å². The Morgan fingerprint density at radius 2 is 2.12 bits per heavy atom. The summed E-state index contributed by atoms with van der Waals surface area (Å²) in [7, 11) is 3.11. The predicted octanol–water partition coefficient (Wildman–Crippen LogP) is 2.71. The smallest absolute Gasteiger partial charge is 0.319 e. The van der Waals surface area contributed by atoms with Crippen LogP contribution in [0.5, 0.6) is 11.5 Å². The fraction of sp³-hybridized carbons (Fsp3) is 0.235. The van der Waals surface area contributed by atoms with E-state index in [0.29, 0.717) is 30.2 Å². The highest BCUT2D eigenvalue weighted by Crippen LogP contribution is 2.29. The number of nitrogens with one attached hydrogen (secondary N) is 2. The number of urea groups is 1. The Bertz CT molecular complexity index is 863. The van der Waals surface area contributed by atoms with E-state index in [4.69, 9.17) is 9.47 Å². The molecule has 3 aromatic rings. The average molecular weight is 373 g/mol. The first kappa shape index (κ1) is 17.7. The van der Waals surface area contributed by atoms with Gasteiger partial charge in [0.2, 0.25) is 5.13 Å². The lowest BCUT2D eigenvalue weighted by Crippen LogP contribution is -2.30. The first-order valence-corrected chi connectivity index (χ1v) is 8.79. The van der Waals surface area contributed by atoms with Gasteiger partial charge in [0.05, 0.1) is 19.9 Å². The van der Waals surface area contributed by atoms with Crippen LogP contribution in [0.1, 0.15) is 5.69 Å². The first-order chi connectivity index (χ1) is 12.7. The average Bonchev–Trinajstić information content (AvgIpc) is 3.33. The van der Waals surface area contributed by atoms with Crippen LogP contribution in [0.2, 0.25) is 0 Å². The summed E-state index contributed by atoms with van der Waals surface area (Å²) in [6.45, 7) is 0.474. The number of hydrogen-bond donors (Lipinski definition) is 2. The number of ether oxygens (including phenoxy) is 2. The van der Waals surface area contributed by atoms with Crippen LogP contribution in [0.25, 0.3) is 5.13 Å². The van der Waals surface area contributed by atoms with Crippen molar-refractivity contribution in [2.24, 2.45) is 0 Å². The first-order valence-electron chi connectivity index (χ1n) is 7.91. The number of nitrogens with zero attached hydrogens (tertiary/aromatic N) is 3. The zero-order valence-electron chi connectivity index (χ0n) is 14.4. The van der Waals surface area contributed by atoms with Gasteiger partial charge in [-0.3, -0.25) is 0 Å². The fourth-order valence-corrected chi connectivity index (χ4v) is 3.09. The topological polar surface area (TPSA) is 90.3 Å². The van der Waals surface area contributed by atoms with Gasteiger partial charge >= 0.3 is 6.03 Å². The summed E-state index contributed by atoms with van der Waals surface area (Å²) in [5.41, 5.74) is 1.53. The van der Waals surface area contributed by atoms with Crippen molar-refractivity contribution in [2.75, 3.05) is 26.1 Å². The van der Waals surface area contributed by atoms with Gasteiger partial charge in [-0.15, -0.1) is 11.3 Å². The molecule has 0 saturated heterocycles. The number of carbonyl (C=O) groups excluding carboxylic acids is 1. The van der Waals surface area contributed by atoms with Gasteiger partial charge in [0.25, 0.3) is 0 Å². The predicted molar refractivity (Wildman–Crippen MR) is 99.5 cm³/mol. The second kappa shape index (κ2) is 8.34. The molecule has 0 aliphatic carbocycles. The monoisotopic (exact) mass is 373 g/mol. The molecule has 2 heterocycles. The largest absolute Gasteiger partial charge is 0.493 e. The van der Waals surface area contributed by atoms with Gasteiger partial charge in [-0.2, -0.15) is 5.10 Å². The maximum Gasteiger partial charge on any atom is 0.319 e. The quantitative estimate of drug-likeness (QED) is 0.665. The number of hydrogen-bond acceptors (Lipinski definition) is 6. The van der Waals surface area contributed by atoms with Crippen LogP contribution in [0, 0.1) is 0 Å². The SMILES string of the molecule is COc1ccc(NC(=O)NCCc2csc(-n3cccn3)n2)cc1OC. The molecule has 0 atom stereocenters. The van der Waals surface area contributed by atoms with E-state index in [9.17, 15) is 4.79 Å². The van der Waals surface area contributed by atoms with Gasteiger partial charge in [-0.25, -0.2) is 14.5 Å². The summed E-state index contributed by atoms with van der Waals surface area (Å²) in [4.78, 5) is 16.5. The molecule has 2 N–H and O–H groups in total. The van der Waals surface area contributed by atoms with Crippen molar-refractivity contribution in [3.05, 3.63) is 47.7 Å². The molecular weight excluding hydrogens is 354 g/mol. The third kappa shape index (κ3) is 4.31. The molecule has 0 unspecified atom stereocenters. The van der Waals surface area contributed by atoms with Crippen LogP contribution in [0.15, 0.2) is 42.0 Å². The summed E-state index contributed by atoms with van der Waals surface area (Å²) in [5.74, 6) is 1.16. The zero-order chi connectivity index (χ0) is 18.4. The molecule has 3 rings (SSSR count). The maximum absolute atomic E-state index is 12.0. The van der Waals surface area contributed by atoms with Gasteiger partial charge in [-0.05, 0) is 18.2 Å². The molecule has 136 valence electrons. The van der Waals surface area contributed by atoms with E-state index < -0.39 is 0 Å². The van der Waals surface area contributed by atoms with Crippen LogP contribution in [0.4, 0.5) is 10.5 Å². The van der Waals surface area contributed by atoms with Gasteiger partial charge in [0, 0.05) is 42.5 Å². The molecule has 9 heteroatoms. The highest BCUT2D eigenvalue weighted by molar-refractivity contribution is 7.12. The molecule has 0 saturated carbocycles. The summed E-state index contributed by atoms with van der Waals surface area (Å²) < 4.78 is 12.1. The molecule has 0 radical (unpaired) electrons. The highest BCUT2D eigenvalue weighted by Gasteiger charge is 2.08. The standard InChI is InChI=1S/C17H19N5O3S/c1-24-14-5-4-12(10-15(14)25-2)20-16(23)18-8-6-13-11-26-17(21-13)22-9-3-7-19-22/h3-5,7,9-11H,6,8H2,1-2H3,(H2,18,20,23). The number of benzene rings is 1. The number of amides is 2. The van der Waals surface area contributed by atoms with E-state index in [1.54, 1.807) is 43.3 Å². The van der Waals surface area contributed by atoms with Crippen LogP contribution in [-0.2, 0) is 6.42 Å². The molecule has 1 aromatic carbocycles. The molecule has 0 aliphatic heterocycles. The molecule has 8 nitrogen and oxygen atoms in total. The van der Waals surface area contributed by atoms with Crippen LogP contribution < -0.4 is 20.1 Å². The van der Waals surface area contributed by atoms with E-state index in [1.807, 2.05) is 17.6 Å². The molecule has 0 bridgehead atoms. The van der Waals surface area contributed by atoms with Crippen molar-refractivity contribution in [3.63, 3.8) is 0 Å². The summed E-state index contributed by atoms with van der Waals surface area (Å²) >= 11 is 1.51. The summed E-state index contributed by atoms with van der Waals surface area (Å²) in [5, 5.41) is 12.5. The number of thiazole rings is 1. The van der Waals surface area contributed by atoms with Crippen molar-refractivity contribution < 1.29 is 14.3 Å². The number of methoxy groups -OCH3 is 2. The molecule has 0 aliphatic rings. The Balaban J connectivity index is 1.49. The van der Waals surface area contributed by atoms with Crippen LogP contribution >= 0.6 is 11.3 Å². The van der Waals surface area contributed by atoms with Gasteiger partial charge in [0.15, 0.2) is 11.5 Å². The molecular formula is C17H19N5O3S. The number of rotatable bonds is 7. The lowest BCUT2D eigenvalue weighted by molar-refractivity contribution is 0.252. The lowest BCUT2D eigenvalue weighted by atomic mass is 10.3. The minimum Gasteiger partial charge on any atom is -0.493 e. The van der Waals surface area contributed by atoms with E-state index in [1.165, 1.54) is 11.3 Å². The van der Waals surface area contributed by atoms with Crippen molar-refractivity contribution in [1.29, 1.82) is 0 Å². The molecule has 0 fully saturated rings. The van der Waals surface area contributed by atoms with Crippen molar-refractivity contribution in [3.8, 4) is 16.6 Å². The Morgan fingerprint density at radius 3 is 2.85 bits per heavy atom. The molecule has 0 spiro atoms. The second-order valence-electron chi connectivity index (χ2n) is 5.27.